The van der Waals surface area contributed by atoms with E-state index in [9.17, 15) is 28.8 Å². The minimum atomic E-state index is -0.902. The molecule has 0 saturated carbocycles. The van der Waals surface area contributed by atoms with Crippen LogP contribution in [-0.4, -0.2) is 57.8 Å². The molecule has 3 atom stereocenters. The first kappa shape index (κ1) is 28.4. The molecule has 1 N–H and O–H groups in total. The minimum Gasteiger partial charge on any atom is -0.463 e. The summed E-state index contributed by atoms with van der Waals surface area (Å²) in [7, 11) is 0. The first-order valence-corrected chi connectivity index (χ1v) is 12.1. The zero-order valence-corrected chi connectivity index (χ0v) is 21.1. The molecule has 0 radical (unpaired) electrons. The number of ether oxygens (including phenoxy) is 3. The van der Waals surface area contributed by atoms with E-state index in [2.05, 4.69) is 10.3 Å². The molecule has 12 nitrogen and oxygen atoms in total. The van der Waals surface area contributed by atoms with Crippen LogP contribution in [0.2, 0.25) is 0 Å². The van der Waals surface area contributed by atoms with E-state index in [1.807, 2.05) is 0 Å². The molecule has 0 spiro atoms. The number of carbonyl (C=O) groups excluding carboxylic acids is 5. The SMILES string of the molecule is CC(=O)CCC(=O)OC[C@@H]1O[C@H](n2ccc(NC(=O)c3ccccc3)nc2=O)C[C@H]1OC(=O)CCC(C)=O. The molecular formula is C26H29N3O9. The second-order valence-electron chi connectivity index (χ2n) is 8.80. The van der Waals surface area contributed by atoms with Gasteiger partial charge in [-0.15, -0.1) is 0 Å². The molecule has 12 heteroatoms. The fourth-order valence-corrected chi connectivity index (χ4v) is 3.66. The Hall–Kier alpha value is -4.19. The van der Waals surface area contributed by atoms with Crippen LogP contribution in [-0.2, 0) is 33.4 Å². The van der Waals surface area contributed by atoms with Gasteiger partial charge in [0.05, 0.1) is 12.8 Å². The highest BCUT2D eigenvalue weighted by molar-refractivity contribution is 6.03. The zero-order chi connectivity index (χ0) is 27.7. The predicted octanol–water partition coefficient (Wildman–Crippen LogP) is 1.98. The van der Waals surface area contributed by atoms with E-state index >= 15 is 0 Å². The quantitative estimate of drug-likeness (QED) is 0.404. The topological polar surface area (TPSA) is 160 Å². The van der Waals surface area contributed by atoms with Crippen molar-refractivity contribution in [3.05, 3.63) is 58.6 Å². The first-order chi connectivity index (χ1) is 18.1. The van der Waals surface area contributed by atoms with Crippen LogP contribution in [0.5, 0.6) is 0 Å². The van der Waals surface area contributed by atoms with Crippen LogP contribution in [0.1, 0.15) is 62.5 Å². The number of aromatic nitrogens is 2. The molecule has 1 aromatic heterocycles. The number of ketones is 2. The Bertz CT molecular complexity index is 1240. The zero-order valence-electron chi connectivity index (χ0n) is 21.1. The summed E-state index contributed by atoms with van der Waals surface area (Å²) in [5, 5.41) is 2.55. The van der Waals surface area contributed by atoms with Gasteiger partial charge < -0.3 is 29.1 Å². The van der Waals surface area contributed by atoms with Crippen LogP contribution in [0.15, 0.2) is 47.4 Å². The van der Waals surface area contributed by atoms with Gasteiger partial charge in [0.2, 0.25) is 0 Å². The molecule has 0 unspecified atom stereocenters. The maximum absolute atomic E-state index is 12.7. The van der Waals surface area contributed by atoms with Crippen LogP contribution in [0.4, 0.5) is 5.82 Å². The van der Waals surface area contributed by atoms with Crippen LogP contribution in [0, 0.1) is 0 Å². The van der Waals surface area contributed by atoms with E-state index in [0.29, 0.717) is 5.56 Å². The van der Waals surface area contributed by atoms with Crippen molar-refractivity contribution in [1.82, 2.24) is 9.55 Å². The van der Waals surface area contributed by atoms with Gasteiger partial charge in [-0.05, 0) is 32.0 Å². The molecular weight excluding hydrogens is 498 g/mol. The third-order valence-electron chi connectivity index (χ3n) is 5.65. The summed E-state index contributed by atoms with van der Waals surface area (Å²) in [6.45, 7) is 2.45. The van der Waals surface area contributed by atoms with Crippen molar-refractivity contribution in [3.8, 4) is 0 Å². The Morgan fingerprint density at radius 3 is 2.26 bits per heavy atom. The number of hydrogen-bond acceptors (Lipinski definition) is 10. The number of amides is 1. The van der Waals surface area contributed by atoms with Crippen LogP contribution < -0.4 is 11.0 Å². The highest BCUT2D eigenvalue weighted by atomic mass is 16.6. The van der Waals surface area contributed by atoms with Crippen molar-refractivity contribution in [1.29, 1.82) is 0 Å². The number of nitrogens with one attached hydrogen (secondary N) is 1. The lowest BCUT2D eigenvalue weighted by atomic mass is 10.1. The molecule has 38 heavy (non-hydrogen) atoms. The number of Topliss-reactive ketones (excluding diaryl/α,β-unsaturated/α-hetero) is 2. The first-order valence-electron chi connectivity index (χ1n) is 12.1. The van der Waals surface area contributed by atoms with Gasteiger partial charge in [0.15, 0.2) is 0 Å². The molecule has 2 aromatic rings. The molecule has 1 aromatic carbocycles. The Labute approximate surface area is 218 Å². The lowest BCUT2D eigenvalue weighted by Gasteiger charge is -2.19. The highest BCUT2D eigenvalue weighted by Gasteiger charge is 2.40. The van der Waals surface area contributed by atoms with E-state index in [4.69, 9.17) is 14.2 Å². The number of benzene rings is 1. The fraction of sp³-hybridized carbons (Fsp3) is 0.423. The molecule has 1 aliphatic rings. The average molecular weight is 528 g/mol. The number of rotatable bonds is 12. The van der Waals surface area contributed by atoms with Crippen molar-refractivity contribution < 1.29 is 38.2 Å². The number of hydrogen-bond donors (Lipinski definition) is 1. The largest absolute Gasteiger partial charge is 0.463 e. The maximum atomic E-state index is 12.7. The van der Waals surface area contributed by atoms with Crippen molar-refractivity contribution in [2.45, 2.75) is 64.4 Å². The van der Waals surface area contributed by atoms with Gasteiger partial charge in [0.1, 0.15) is 42.4 Å². The van der Waals surface area contributed by atoms with E-state index < -0.39 is 42.0 Å². The summed E-state index contributed by atoms with van der Waals surface area (Å²) in [6, 6.07) is 9.85. The summed E-state index contributed by atoms with van der Waals surface area (Å²) >= 11 is 0. The third kappa shape index (κ3) is 8.44. The van der Waals surface area contributed by atoms with Crippen LogP contribution in [0.3, 0.4) is 0 Å². The standard InChI is InChI=1S/C26H29N3O9/c1-16(30)8-10-23(32)36-15-20-19(38-24(33)11-9-17(2)31)14-22(37-20)29-13-12-21(28-26(29)35)27-25(34)18-6-4-3-5-7-18/h3-7,12-13,19-20,22H,8-11,14-15H2,1-2H3,(H,27,28,34,35)/t19-,20+,22+/m1/s1. The van der Waals surface area contributed by atoms with Crippen molar-refractivity contribution >= 4 is 35.2 Å². The molecule has 0 bridgehead atoms. The van der Waals surface area contributed by atoms with Gasteiger partial charge in [-0.25, -0.2) is 4.79 Å². The molecule has 2 heterocycles. The molecule has 1 fully saturated rings. The molecule has 1 amide bonds. The summed E-state index contributed by atoms with van der Waals surface area (Å²) < 4.78 is 17.7. The number of anilines is 1. The van der Waals surface area contributed by atoms with Gasteiger partial charge in [0.25, 0.3) is 5.91 Å². The normalized spacial score (nSPS) is 18.4. The second kappa shape index (κ2) is 13.4. The average Bonchev–Trinajstić information content (AvgIpc) is 3.27. The summed E-state index contributed by atoms with van der Waals surface area (Å²) in [4.78, 5) is 75.5. The summed E-state index contributed by atoms with van der Waals surface area (Å²) in [6.07, 6.45) is -1.41. The van der Waals surface area contributed by atoms with Gasteiger partial charge in [-0.2, -0.15) is 4.98 Å². The Kier molecular flexibility index (Phi) is 9.99. The molecule has 202 valence electrons. The van der Waals surface area contributed by atoms with Gasteiger partial charge in [0, 0.05) is 31.0 Å². The van der Waals surface area contributed by atoms with Crippen molar-refractivity contribution in [2.24, 2.45) is 0 Å². The predicted molar refractivity (Wildman–Crippen MR) is 132 cm³/mol. The molecule has 1 aliphatic heterocycles. The van der Waals surface area contributed by atoms with E-state index in [-0.39, 0.29) is 56.1 Å². The lowest BCUT2D eigenvalue weighted by Crippen LogP contribution is -2.32. The lowest BCUT2D eigenvalue weighted by molar-refractivity contribution is -0.159. The second-order valence-corrected chi connectivity index (χ2v) is 8.80. The molecule has 1 saturated heterocycles. The van der Waals surface area contributed by atoms with E-state index in [0.717, 1.165) is 0 Å². The van der Waals surface area contributed by atoms with Gasteiger partial charge >= 0.3 is 17.6 Å². The number of nitrogens with zero attached hydrogens (tertiary/aromatic N) is 2. The van der Waals surface area contributed by atoms with Crippen LogP contribution in [0.25, 0.3) is 0 Å². The highest BCUT2D eigenvalue weighted by Crippen LogP contribution is 2.31. The number of carbonyl (C=O) groups is 5. The Morgan fingerprint density at radius 1 is 0.974 bits per heavy atom. The van der Waals surface area contributed by atoms with Crippen molar-refractivity contribution in [2.75, 3.05) is 11.9 Å². The summed E-state index contributed by atoms with van der Waals surface area (Å²) in [5.74, 6) is -1.97. The van der Waals surface area contributed by atoms with Gasteiger partial charge in [-0.3, -0.25) is 19.0 Å². The molecule has 3 rings (SSSR count). The summed E-state index contributed by atoms with van der Waals surface area (Å²) in [5.41, 5.74) is -0.325. The van der Waals surface area contributed by atoms with Gasteiger partial charge in [-0.1, -0.05) is 18.2 Å². The maximum Gasteiger partial charge on any atom is 0.351 e. The monoisotopic (exact) mass is 527 g/mol. The third-order valence-corrected chi connectivity index (χ3v) is 5.65. The minimum absolute atomic E-state index is 0.0140. The number of esters is 2. The van der Waals surface area contributed by atoms with Crippen LogP contribution >= 0.6 is 0 Å². The Balaban J connectivity index is 1.69. The molecule has 0 aliphatic carbocycles. The van der Waals surface area contributed by atoms with E-state index in [1.54, 1.807) is 30.3 Å². The smallest absolute Gasteiger partial charge is 0.351 e. The van der Waals surface area contributed by atoms with Crippen molar-refractivity contribution in [3.63, 3.8) is 0 Å². The Morgan fingerprint density at radius 2 is 1.63 bits per heavy atom. The van der Waals surface area contributed by atoms with E-state index in [1.165, 1.54) is 30.7 Å². The fourth-order valence-electron chi connectivity index (χ4n) is 3.66.